The molecule has 1 aliphatic heterocycles. The monoisotopic (exact) mass is 383 g/mol. The molecule has 0 atom stereocenters. The molecule has 1 saturated heterocycles. The lowest BCUT2D eigenvalue weighted by molar-refractivity contribution is -0.122. The minimum atomic E-state index is -3.72. The van der Waals surface area contributed by atoms with E-state index in [-0.39, 0.29) is 29.9 Å². The predicted molar refractivity (Wildman–Crippen MR) is 101 cm³/mol. The van der Waals surface area contributed by atoms with Crippen LogP contribution in [0.15, 0.2) is 29.2 Å². The van der Waals surface area contributed by atoms with E-state index in [4.69, 9.17) is 4.74 Å². The fourth-order valence-electron chi connectivity index (χ4n) is 2.98. The largest absolute Gasteiger partial charge is 0.494 e. The zero-order valence-corrected chi connectivity index (χ0v) is 16.6. The van der Waals surface area contributed by atoms with E-state index in [0.717, 1.165) is 25.9 Å². The molecular formula is C18H29N3O4S. The third-order valence-electron chi connectivity index (χ3n) is 4.53. The zero-order chi connectivity index (χ0) is 19.2. The molecule has 146 valence electrons. The van der Waals surface area contributed by atoms with Crippen LogP contribution in [0.5, 0.6) is 5.75 Å². The summed E-state index contributed by atoms with van der Waals surface area (Å²) in [4.78, 5) is 14.7. The number of nitrogens with one attached hydrogen (secondary N) is 1. The van der Waals surface area contributed by atoms with Gasteiger partial charge in [0.2, 0.25) is 15.9 Å². The fourth-order valence-corrected chi connectivity index (χ4v) is 4.38. The summed E-state index contributed by atoms with van der Waals surface area (Å²) in [6.07, 6.45) is 1.78. The van der Waals surface area contributed by atoms with Crippen molar-refractivity contribution < 1.29 is 17.9 Å². The Hall–Kier alpha value is -1.64. The van der Waals surface area contributed by atoms with Crippen LogP contribution >= 0.6 is 0 Å². The fraction of sp³-hybridized carbons (Fsp3) is 0.611. The third-order valence-corrected chi connectivity index (χ3v) is 6.46. The molecule has 1 fully saturated rings. The normalized spacial score (nSPS) is 16.6. The number of likely N-dealkylation sites (tertiary alicyclic amines) is 1. The Morgan fingerprint density at radius 3 is 2.38 bits per heavy atom. The highest BCUT2D eigenvalue weighted by Gasteiger charge is 2.26. The Morgan fingerprint density at radius 2 is 1.85 bits per heavy atom. The number of benzene rings is 1. The minimum Gasteiger partial charge on any atom is -0.494 e. The number of ether oxygens (including phenoxy) is 1. The lowest BCUT2D eigenvalue weighted by atomic mass is 10.1. The molecule has 1 amide bonds. The van der Waals surface area contributed by atoms with Crippen LogP contribution in [0.1, 0.15) is 26.7 Å². The summed E-state index contributed by atoms with van der Waals surface area (Å²) in [6.45, 7) is 6.06. The van der Waals surface area contributed by atoms with Crippen molar-refractivity contribution in [2.45, 2.75) is 37.6 Å². The van der Waals surface area contributed by atoms with E-state index in [1.807, 2.05) is 6.92 Å². The molecule has 1 aliphatic rings. The van der Waals surface area contributed by atoms with Gasteiger partial charge in [0.15, 0.2) is 0 Å². The smallest absolute Gasteiger partial charge is 0.243 e. The number of carbonyl (C=O) groups excluding carboxylic acids is 1. The molecule has 0 aliphatic carbocycles. The molecule has 8 heteroatoms. The van der Waals surface area contributed by atoms with Crippen LogP contribution in [0, 0.1) is 0 Å². The van der Waals surface area contributed by atoms with Gasteiger partial charge in [-0.05, 0) is 64.2 Å². The van der Waals surface area contributed by atoms with Crippen molar-refractivity contribution >= 4 is 15.9 Å². The van der Waals surface area contributed by atoms with Gasteiger partial charge in [0.1, 0.15) is 5.75 Å². The summed E-state index contributed by atoms with van der Waals surface area (Å²) in [5, 5.41) is 2.96. The summed E-state index contributed by atoms with van der Waals surface area (Å²) in [5.74, 6) is 0.366. The zero-order valence-electron chi connectivity index (χ0n) is 15.8. The van der Waals surface area contributed by atoms with Crippen LogP contribution in [0.3, 0.4) is 0 Å². The van der Waals surface area contributed by atoms with E-state index in [9.17, 15) is 13.2 Å². The lowest BCUT2D eigenvalue weighted by Gasteiger charge is -2.30. The first kappa shape index (κ1) is 20.7. The predicted octanol–water partition coefficient (Wildman–Crippen LogP) is 1.31. The first-order valence-electron chi connectivity index (χ1n) is 9.07. The molecule has 7 nitrogen and oxygen atoms in total. The van der Waals surface area contributed by atoms with Crippen LogP contribution in [-0.2, 0) is 14.8 Å². The van der Waals surface area contributed by atoms with Gasteiger partial charge in [0.25, 0.3) is 0 Å². The molecule has 26 heavy (non-hydrogen) atoms. The Labute approximate surface area is 156 Å². The van der Waals surface area contributed by atoms with Gasteiger partial charge in [0, 0.05) is 12.6 Å². The van der Waals surface area contributed by atoms with E-state index in [1.54, 1.807) is 19.1 Å². The SMILES string of the molecule is CCOc1ccc(S(=O)(=O)N(CC)CC(=O)NC2CCN(C)CC2)cc1. The summed E-state index contributed by atoms with van der Waals surface area (Å²) in [6, 6.07) is 6.40. The highest BCUT2D eigenvalue weighted by molar-refractivity contribution is 7.89. The number of amides is 1. The van der Waals surface area contributed by atoms with Gasteiger partial charge in [-0.15, -0.1) is 0 Å². The van der Waals surface area contributed by atoms with Crippen molar-refractivity contribution in [3.8, 4) is 5.75 Å². The standard InChI is InChI=1S/C18H29N3O4S/c1-4-21(14-18(22)19-15-10-12-20(3)13-11-15)26(23,24)17-8-6-16(7-9-17)25-5-2/h6-9,15H,4-5,10-14H2,1-3H3,(H,19,22). The van der Waals surface area contributed by atoms with Gasteiger partial charge in [-0.25, -0.2) is 8.42 Å². The third kappa shape index (κ3) is 5.43. The number of nitrogens with zero attached hydrogens (tertiary/aromatic N) is 2. The van der Waals surface area contributed by atoms with Gasteiger partial charge in [-0.2, -0.15) is 4.31 Å². The summed E-state index contributed by atoms with van der Waals surface area (Å²) < 4.78 is 32.1. The maximum absolute atomic E-state index is 12.8. The second-order valence-corrected chi connectivity index (χ2v) is 8.42. The van der Waals surface area contributed by atoms with Crippen molar-refractivity contribution in [2.75, 3.05) is 39.8 Å². The number of hydrogen-bond donors (Lipinski definition) is 1. The summed E-state index contributed by atoms with van der Waals surface area (Å²) in [5.41, 5.74) is 0. The van der Waals surface area contributed by atoms with E-state index >= 15 is 0 Å². The van der Waals surface area contributed by atoms with Crippen LogP contribution < -0.4 is 10.1 Å². The number of likely N-dealkylation sites (N-methyl/N-ethyl adjacent to an activating group) is 1. The molecule has 1 aromatic carbocycles. The number of sulfonamides is 1. The maximum atomic E-state index is 12.8. The molecule has 1 heterocycles. The van der Waals surface area contributed by atoms with Crippen LogP contribution in [-0.4, -0.2) is 69.4 Å². The molecule has 0 unspecified atom stereocenters. The molecule has 0 spiro atoms. The Balaban J connectivity index is 2.00. The number of hydrogen-bond acceptors (Lipinski definition) is 5. The van der Waals surface area contributed by atoms with Crippen LogP contribution in [0.2, 0.25) is 0 Å². The van der Waals surface area contributed by atoms with E-state index < -0.39 is 10.0 Å². The molecule has 2 rings (SSSR count). The van der Waals surface area contributed by atoms with Crippen molar-refractivity contribution in [2.24, 2.45) is 0 Å². The molecule has 1 aromatic rings. The van der Waals surface area contributed by atoms with Crippen molar-refractivity contribution in [1.29, 1.82) is 0 Å². The van der Waals surface area contributed by atoms with Crippen molar-refractivity contribution in [3.05, 3.63) is 24.3 Å². The van der Waals surface area contributed by atoms with Gasteiger partial charge >= 0.3 is 0 Å². The number of rotatable bonds is 8. The van der Waals surface area contributed by atoms with Crippen LogP contribution in [0.4, 0.5) is 0 Å². The summed E-state index contributed by atoms with van der Waals surface area (Å²) in [7, 11) is -1.66. The highest BCUT2D eigenvalue weighted by Crippen LogP contribution is 2.19. The van der Waals surface area contributed by atoms with Gasteiger partial charge < -0.3 is 15.0 Å². The molecular weight excluding hydrogens is 354 g/mol. The first-order chi connectivity index (χ1) is 12.4. The van der Waals surface area contributed by atoms with Crippen LogP contribution in [0.25, 0.3) is 0 Å². The van der Waals surface area contributed by atoms with Crippen molar-refractivity contribution in [1.82, 2.24) is 14.5 Å². The first-order valence-corrected chi connectivity index (χ1v) is 10.5. The Kier molecular flexibility index (Phi) is 7.43. The van der Waals surface area contributed by atoms with Gasteiger partial charge in [0.05, 0.1) is 18.0 Å². The van der Waals surface area contributed by atoms with E-state index in [0.29, 0.717) is 12.4 Å². The lowest BCUT2D eigenvalue weighted by Crippen LogP contribution is -2.47. The van der Waals surface area contributed by atoms with Gasteiger partial charge in [-0.3, -0.25) is 4.79 Å². The second-order valence-electron chi connectivity index (χ2n) is 6.48. The van der Waals surface area contributed by atoms with E-state index in [2.05, 4.69) is 17.3 Å². The molecule has 0 saturated carbocycles. The molecule has 1 N–H and O–H groups in total. The van der Waals surface area contributed by atoms with E-state index in [1.165, 1.54) is 16.4 Å². The molecule has 0 radical (unpaired) electrons. The molecule has 0 bridgehead atoms. The number of piperidine rings is 1. The topological polar surface area (TPSA) is 79.0 Å². The average Bonchev–Trinajstić information content (AvgIpc) is 2.62. The maximum Gasteiger partial charge on any atom is 0.243 e. The second kappa shape index (κ2) is 9.34. The minimum absolute atomic E-state index is 0.116. The van der Waals surface area contributed by atoms with Crippen molar-refractivity contribution in [3.63, 3.8) is 0 Å². The Bertz CT molecular complexity index is 683. The summed E-state index contributed by atoms with van der Waals surface area (Å²) >= 11 is 0. The average molecular weight is 384 g/mol. The Morgan fingerprint density at radius 1 is 1.23 bits per heavy atom. The quantitative estimate of drug-likeness (QED) is 0.732. The van der Waals surface area contributed by atoms with Gasteiger partial charge in [-0.1, -0.05) is 6.92 Å². The highest BCUT2D eigenvalue weighted by atomic mass is 32.2. The molecule has 0 aromatic heterocycles. The number of carbonyl (C=O) groups is 1.